The zero-order valence-corrected chi connectivity index (χ0v) is 19.3. The number of furan rings is 1. The van der Waals surface area contributed by atoms with Crippen LogP contribution in [-0.4, -0.2) is 57.4 Å². The number of hydrogen-bond donors (Lipinski definition) is 0. The van der Waals surface area contributed by atoms with Crippen LogP contribution in [0.5, 0.6) is 0 Å². The predicted octanol–water partition coefficient (Wildman–Crippen LogP) is 5.21. The highest BCUT2D eigenvalue weighted by atomic mass is 35.5. The minimum atomic E-state index is 0.743. The summed E-state index contributed by atoms with van der Waals surface area (Å²) in [6, 6.07) is 12.2. The van der Waals surface area contributed by atoms with Gasteiger partial charge >= 0.3 is 0 Å². The number of ether oxygens (including phenoxy) is 1. The highest BCUT2D eigenvalue weighted by Crippen LogP contribution is 2.34. The highest BCUT2D eigenvalue weighted by molar-refractivity contribution is 6.35. The van der Waals surface area contributed by atoms with Gasteiger partial charge in [-0.1, -0.05) is 29.3 Å². The van der Waals surface area contributed by atoms with Gasteiger partial charge in [-0.25, -0.2) is 0 Å². The molecule has 0 atom stereocenters. The minimum absolute atomic E-state index is 0.743. The Labute approximate surface area is 193 Å². The van der Waals surface area contributed by atoms with Crippen molar-refractivity contribution in [3.05, 3.63) is 57.6 Å². The van der Waals surface area contributed by atoms with Crippen molar-refractivity contribution in [3.8, 4) is 0 Å². The van der Waals surface area contributed by atoms with E-state index in [4.69, 9.17) is 32.4 Å². The molecule has 2 aromatic carbocycles. The van der Waals surface area contributed by atoms with Crippen LogP contribution in [0.3, 0.4) is 0 Å². The van der Waals surface area contributed by atoms with E-state index in [9.17, 15) is 0 Å². The van der Waals surface area contributed by atoms with E-state index in [0.29, 0.717) is 0 Å². The molecular weight excluding hydrogens is 433 g/mol. The van der Waals surface area contributed by atoms with Crippen LogP contribution in [0.1, 0.15) is 11.1 Å². The predicted molar refractivity (Wildman–Crippen MR) is 128 cm³/mol. The molecule has 0 aliphatic carbocycles. The number of hydrogen-bond acceptors (Lipinski definition) is 5. The van der Waals surface area contributed by atoms with Crippen LogP contribution in [-0.2, 0) is 11.3 Å². The van der Waals surface area contributed by atoms with Crippen LogP contribution in [0.4, 0.5) is 11.6 Å². The summed E-state index contributed by atoms with van der Waals surface area (Å²) in [6.45, 7) is 10.2. The van der Waals surface area contributed by atoms with Gasteiger partial charge in [0.2, 0.25) is 0 Å². The lowest BCUT2D eigenvalue weighted by Gasteiger charge is -2.37. The summed E-state index contributed by atoms with van der Waals surface area (Å²) in [5.74, 6) is 0.944. The first-order chi connectivity index (χ1) is 15.1. The van der Waals surface area contributed by atoms with Crippen molar-refractivity contribution in [2.75, 3.05) is 62.3 Å². The van der Waals surface area contributed by atoms with Crippen molar-refractivity contribution < 1.29 is 9.15 Å². The Bertz CT molecular complexity index is 1050. The fourth-order valence-corrected chi connectivity index (χ4v) is 5.08. The molecule has 2 saturated heterocycles. The van der Waals surface area contributed by atoms with Crippen molar-refractivity contribution in [3.63, 3.8) is 0 Å². The summed E-state index contributed by atoms with van der Waals surface area (Å²) in [5, 5.41) is 2.68. The molecule has 0 amide bonds. The summed E-state index contributed by atoms with van der Waals surface area (Å²) < 4.78 is 11.6. The number of aryl methyl sites for hydroxylation is 1. The number of piperazine rings is 1. The van der Waals surface area contributed by atoms with Gasteiger partial charge in [0.05, 0.1) is 13.2 Å². The molecule has 3 aromatic rings. The standard InChI is InChI=1S/C24H27Cl2N3O2/c1-17-18-15-24(29-11-13-30-14-12-29)31-23(18)6-5-22(17)28-9-7-27(8-10-28)16-19-20(25)3-2-4-21(19)26/h2-6,15H,7-14,16H2,1H3. The number of morpholine rings is 1. The molecule has 2 aliphatic rings. The van der Waals surface area contributed by atoms with E-state index in [1.807, 2.05) is 18.2 Å². The summed E-state index contributed by atoms with van der Waals surface area (Å²) in [4.78, 5) is 7.16. The van der Waals surface area contributed by atoms with Crippen LogP contribution in [0.15, 0.2) is 40.8 Å². The largest absolute Gasteiger partial charge is 0.441 e. The summed E-state index contributed by atoms with van der Waals surface area (Å²) in [6.07, 6.45) is 0. The van der Waals surface area contributed by atoms with Crippen molar-refractivity contribution in [1.82, 2.24) is 4.90 Å². The zero-order valence-electron chi connectivity index (χ0n) is 17.7. The van der Waals surface area contributed by atoms with Crippen LogP contribution in [0.2, 0.25) is 10.0 Å². The summed E-state index contributed by atoms with van der Waals surface area (Å²) in [5.41, 5.74) is 4.54. The van der Waals surface area contributed by atoms with E-state index < -0.39 is 0 Å². The molecule has 0 saturated carbocycles. The average Bonchev–Trinajstić information content (AvgIpc) is 3.23. The highest BCUT2D eigenvalue weighted by Gasteiger charge is 2.22. The Morgan fingerprint density at radius 1 is 0.871 bits per heavy atom. The van der Waals surface area contributed by atoms with Gasteiger partial charge in [0.15, 0.2) is 5.88 Å². The number of fused-ring (bicyclic) bond motifs is 1. The van der Waals surface area contributed by atoms with Gasteiger partial charge in [0.25, 0.3) is 0 Å². The SMILES string of the molecule is Cc1c(N2CCN(Cc3c(Cl)cccc3Cl)CC2)ccc2oc(N3CCOCC3)cc12. The van der Waals surface area contributed by atoms with Crippen LogP contribution in [0, 0.1) is 6.92 Å². The molecule has 0 bridgehead atoms. The van der Waals surface area contributed by atoms with Crippen molar-refractivity contribution in [2.45, 2.75) is 13.5 Å². The van der Waals surface area contributed by atoms with E-state index in [1.54, 1.807) is 0 Å². The maximum absolute atomic E-state index is 6.37. The molecule has 7 heteroatoms. The number of nitrogens with zero attached hydrogens (tertiary/aromatic N) is 3. The molecule has 164 valence electrons. The van der Waals surface area contributed by atoms with Gasteiger partial charge in [-0.05, 0) is 36.8 Å². The maximum atomic E-state index is 6.37. The molecule has 31 heavy (non-hydrogen) atoms. The van der Waals surface area contributed by atoms with Gasteiger partial charge in [0, 0.05) is 78.6 Å². The quantitative estimate of drug-likeness (QED) is 0.534. The maximum Gasteiger partial charge on any atom is 0.196 e. The average molecular weight is 460 g/mol. The first kappa shape index (κ1) is 21.0. The third kappa shape index (κ3) is 4.24. The Balaban J connectivity index is 1.29. The molecule has 0 N–H and O–H groups in total. The van der Waals surface area contributed by atoms with Crippen LogP contribution >= 0.6 is 23.2 Å². The lowest BCUT2D eigenvalue weighted by atomic mass is 10.1. The van der Waals surface area contributed by atoms with Gasteiger partial charge in [-0.2, -0.15) is 0 Å². The summed E-state index contributed by atoms with van der Waals surface area (Å²) in [7, 11) is 0. The minimum Gasteiger partial charge on any atom is -0.441 e. The third-order valence-corrected chi connectivity index (χ3v) is 7.12. The van der Waals surface area contributed by atoms with E-state index >= 15 is 0 Å². The van der Waals surface area contributed by atoms with Crippen LogP contribution in [0.25, 0.3) is 11.0 Å². The van der Waals surface area contributed by atoms with Crippen LogP contribution < -0.4 is 9.80 Å². The molecule has 5 rings (SSSR count). The molecule has 5 nitrogen and oxygen atoms in total. The van der Waals surface area contributed by atoms with E-state index in [1.165, 1.54) is 16.6 Å². The Hall–Kier alpha value is -1.92. The normalized spacial score (nSPS) is 18.2. The third-order valence-electron chi connectivity index (χ3n) is 6.41. The lowest BCUT2D eigenvalue weighted by Crippen LogP contribution is -2.46. The van der Waals surface area contributed by atoms with Crippen molar-refractivity contribution >= 4 is 45.7 Å². The first-order valence-corrected chi connectivity index (χ1v) is 11.6. The fourth-order valence-electron chi connectivity index (χ4n) is 4.56. The topological polar surface area (TPSA) is 32.1 Å². The monoisotopic (exact) mass is 459 g/mol. The Morgan fingerprint density at radius 2 is 1.58 bits per heavy atom. The van der Waals surface area contributed by atoms with Gasteiger partial charge in [0.1, 0.15) is 5.58 Å². The molecule has 0 unspecified atom stereocenters. The molecule has 2 aliphatic heterocycles. The van der Waals surface area contributed by atoms with E-state index in [-0.39, 0.29) is 0 Å². The Morgan fingerprint density at radius 3 is 2.29 bits per heavy atom. The number of rotatable bonds is 4. The molecular formula is C24H27Cl2N3O2. The second kappa shape index (κ2) is 8.91. The number of anilines is 2. The van der Waals surface area contributed by atoms with Crippen molar-refractivity contribution in [2.24, 2.45) is 0 Å². The van der Waals surface area contributed by atoms with E-state index in [0.717, 1.165) is 86.1 Å². The number of halogens is 2. The summed E-state index contributed by atoms with van der Waals surface area (Å²) >= 11 is 12.7. The molecule has 3 heterocycles. The smallest absolute Gasteiger partial charge is 0.196 e. The van der Waals surface area contributed by atoms with Gasteiger partial charge in [-0.3, -0.25) is 4.90 Å². The zero-order chi connectivity index (χ0) is 21.4. The molecule has 0 radical (unpaired) electrons. The van der Waals surface area contributed by atoms with Crippen molar-refractivity contribution in [1.29, 1.82) is 0 Å². The fraction of sp³-hybridized carbons (Fsp3) is 0.417. The van der Waals surface area contributed by atoms with Gasteiger partial charge < -0.3 is 19.0 Å². The molecule has 2 fully saturated rings. The van der Waals surface area contributed by atoms with Gasteiger partial charge in [-0.15, -0.1) is 0 Å². The first-order valence-electron chi connectivity index (χ1n) is 10.9. The second-order valence-electron chi connectivity index (χ2n) is 8.27. The lowest BCUT2D eigenvalue weighted by molar-refractivity contribution is 0.121. The second-order valence-corrected chi connectivity index (χ2v) is 9.08. The Kier molecular flexibility index (Phi) is 6.02. The molecule has 1 aromatic heterocycles. The van der Waals surface area contributed by atoms with E-state index in [2.05, 4.69) is 39.8 Å². The number of benzene rings is 2. The molecule has 0 spiro atoms.